The third-order valence-electron chi connectivity index (χ3n) is 11.2. The predicted octanol–water partition coefficient (Wildman–Crippen LogP) is 5.55. The molecule has 5 aliphatic rings. The van der Waals surface area contributed by atoms with Crippen LogP contribution in [-0.2, 0) is 41.6 Å². The quantitative estimate of drug-likeness (QED) is 0.172. The van der Waals surface area contributed by atoms with Crippen molar-refractivity contribution in [2.24, 2.45) is 0 Å². The maximum atomic E-state index is 10.6. The van der Waals surface area contributed by atoms with Gasteiger partial charge in [-0.1, -0.05) is 42.8 Å². The standard InChI is InChI=1S/C21H21ClN4O4.C18H17ClN4O4.CH4/c1-21(2)29-16-15(14-12-4-3-11(22)7-10(12)8-27-14)28-20(17(16)30-21)26-6-5-13-18(23)24-9-25-19(13)26;19-9-1-2-10-8(5-9)6-26-14(10)15-12(24)13(25)18(27-15)23-4-3-11-16(20)21-7-22-17(11)23;/h3-7,9,14-17,20H,8H2,1-2H3,(H2,23,24,25);1-5,7,12-15,18,24-25H,6H2,(H2,20,21,22);1H4/t14-,15+,16+,17+,20+;12-,13+,14-,15-,18+;/m00./s1. The average molecular weight is 834 g/mol. The lowest BCUT2D eigenvalue weighted by atomic mass is 9.97. The number of benzene rings is 2. The number of fused-ring (bicyclic) bond motifs is 5. The van der Waals surface area contributed by atoms with Crippen LogP contribution in [0.3, 0.4) is 0 Å². The summed E-state index contributed by atoms with van der Waals surface area (Å²) >= 11 is 12.2. The van der Waals surface area contributed by atoms with E-state index in [0.29, 0.717) is 51.6 Å². The summed E-state index contributed by atoms with van der Waals surface area (Å²) in [5.74, 6) is 0.0422. The molecule has 6 aromatic rings. The number of nitrogens with zero attached hydrogens (tertiary/aromatic N) is 6. The van der Waals surface area contributed by atoms with Gasteiger partial charge in [-0.25, -0.2) is 19.9 Å². The fourth-order valence-electron chi connectivity index (χ4n) is 8.67. The number of rotatable bonds is 4. The summed E-state index contributed by atoms with van der Waals surface area (Å²) in [6.45, 7) is 4.69. The summed E-state index contributed by atoms with van der Waals surface area (Å²) in [4.78, 5) is 16.7. The predicted molar refractivity (Wildman–Crippen MR) is 212 cm³/mol. The molecule has 0 bridgehead atoms. The first-order valence-corrected chi connectivity index (χ1v) is 19.2. The number of hydrogen-bond acceptors (Lipinski definition) is 14. The largest absolute Gasteiger partial charge is 0.387 e. The number of aromatic nitrogens is 6. The van der Waals surface area contributed by atoms with E-state index in [4.69, 9.17) is 63.1 Å². The van der Waals surface area contributed by atoms with E-state index in [2.05, 4.69) is 19.9 Å². The molecule has 10 atom stereocenters. The van der Waals surface area contributed by atoms with Gasteiger partial charge in [-0.05, 0) is 72.5 Å². The molecule has 18 heteroatoms. The van der Waals surface area contributed by atoms with Crippen molar-refractivity contribution in [1.82, 2.24) is 29.1 Å². The van der Waals surface area contributed by atoms with Crippen molar-refractivity contribution in [3.8, 4) is 0 Å². The van der Waals surface area contributed by atoms with Crippen molar-refractivity contribution in [2.45, 2.75) is 102 Å². The third kappa shape index (κ3) is 6.39. The van der Waals surface area contributed by atoms with E-state index in [9.17, 15) is 10.2 Å². The first-order valence-electron chi connectivity index (χ1n) is 18.4. The Kier molecular flexibility index (Phi) is 9.87. The summed E-state index contributed by atoms with van der Waals surface area (Å²) in [7, 11) is 0. The van der Waals surface area contributed by atoms with E-state index >= 15 is 0 Å². The monoisotopic (exact) mass is 832 g/mol. The molecule has 5 aliphatic heterocycles. The summed E-state index contributed by atoms with van der Waals surface area (Å²) in [6.07, 6.45) is 0.416. The van der Waals surface area contributed by atoms with Crippen molar-refractivity contribution >= 4 is 56.9 Å². The molecular weight excluding hydrogens is 791 g/mol. The molecule has 0 unspecified atom stereocenters. The van der Waals surface area contributed by atoms with Crippen LogP contribution < -0.4 is 11.5 Å². The smallest absolute Gasteiger partial charge is 0.164 e. The first kappa shape index (κ1) is 39.0. The van der Waals surface area contributed by atoms with Crippen molar-refractivity contribution in [3.05, 3.63) is 106 Å². The number of nitrogens with two attached hydrogens (primary N) is 2. The Bertz CT molecular complexity index is 2520. The van der Waals surface area contributed by atoms with E-state index in [1.165, 1.54) is 12.7 Å². The van der Waals surface area contributed by atoms with E-state index in [1.807, 2.05) is 61.0 Å². The van der Waals surface area contributed by atoms with Gasteiger partial charge in [0, 0.05) is 22.4 Å². The minimum absolute atomic E-state index is 0. The van der Waals surface area contributed by atoms with Gasteiger partial charge in [0.2, 0.25) is 0 Å². The molecule has 0 aliphatic carbocycles. The second-order valence-electron chi connectivity index (χ2n) is 15.1. The highest BCUT2D eigenvalue weighted by Gasteiger charge is 2.59. The minimum atomic E-state index is -1.15. The van der Waals surface area contributed by atoms with Gasteiger partial charge in [0.1, 0.15) is 84.4 Å². The number of ether oxygens (including phenoxy) is 6. The minimum Gasteiger partial charge on any atom is -0.387 e. The summed E-state index contributed by atoms with van der Waals surface area (Å²) in [5.41, 5.74) is 17.1. The van der Waals surface area contributed by atoms with Crippen LogP contribution in [0.2, 0.25) is 10.0 Å². The van der Waals surface area contributed by atoms with Gasteiger partial charge in [-0.3, -0.25) is 0 Å². The molecule has 3 saturated heterocycles. The Morgan fingerprint density at radius 3 is 1.72 bits per heavy atom. The van der Waals surface area contributed by atoms with Gasteiger partial charge in [0.25, 0.3) is 0 Å². The van der Waals surface area contributed by atoms with Crippen LogP contribution in [0.5, 0.6) is 0 Å². The highest BCUT2D eigenvalue weighted by Crippen LogP contribution is 2.50. The van der Waals surface area contributed by atoms with Crippen LogP contribution in [0.1, 0.15) is 68.2 Å². The lowest BCUT2D eigenvalue weighted by Crippen LogP contribution is -2.34. The molecule has 0 spiro atoms. The molecule has 9 heterocycles. The van der Waals surface area contributed by atoms with Gasteiger partial charge < -0.3 is 59.2 Å². The zero-order valence-electron chi connectivity index (χ0n) is 30.6. The Hall–Kier alpha value is -4.46. The topological polar surface area (TPSA) is 209 Å². The lowest BCUT2D eigenvalue weighted by molar-refractivity contribution is -0.210. The molecule has 304 valence electrons. The molecule has 0 radical (unpaired) electrons. The van der Waals surface area contributed by atoms with Crippen LogP contribution in [-0.4, -0.2) is 81.7 Å². The van der Waals surface area contributed by atoms with Gasteiger partial charge in [-0.2, -0.15) is 0 Å². The summed E-state index contributed by atoms with van der Waals surface area (Å²) in [5, 5.41) is 24.0. The molecule has 11 rings (SSSR count). The maximum Gasteiger partial charge on any atom is 0.164 e. The summed E-state index contributed by atoms with van der Waals surface area (Å²) in [6, 6.07) is 14.9. The average Bonchev–Trinajstić information content (AvgIpc) is 4.05. The number of nitrogen functional groups attached to an aromatic ring is 2. The van der Waals surface area contributed by atoms with Crippen LogP contribution in [0, 0.1) is 0 Å². The number of aliphatic hydroxyl groups is 2. The molecule has 0 amide bonds. The molecule has 58 heavy (non-hydrogen) atoms. The van der Waals surface area contributed by atoms with Gasteiger partial charge in [-0.15, -0.1) is 0 Å². The van der Waals surface area contributed by atoms with Crippen molar-refractivity contribution < 1.29 is 38.6 Å². The van der Waals surface area contributed by atoms with Gasteiger partial charge in [0.05, 0.1) is 24.0 Å². The number of anilines is 2. The van der Waals surface area contributed by atoms with Gasteiger partial charge in [0.15, 0.2) is 18.2 Å². The second kappa shape index (κ2) is 14.7. The van der Waals surface area contributed by atoms with Crippen LogP contribution in [0.4, 0.5) is 11.6 Å². The lowest BCUT2D eigenvalue weighted by Gasteiger charge is -2.27. The molecule has 6 N–H and O–H groups in total. The van der Waals surface area contributed by atoms with E-state index in [1.54, 1.807) is 22.9 Å². The fourth-order valence-corrected chi connectivity index (χ4v) is 9.06. The Morgan fingerprint density at radius 2 is 1.16 bits per heavy atom. The van der Waals surface area contributed by atoms with E-state index in [0.717, 1.165) is 27.6 Å². The maximum absolute atomic E-state index is 10.6. The molecular formula is C40H42Cl2N8O8. The zero-order valence-corrected chi connectivity index (χ0v) is 32.1. The number of halogens is 2. The summed E-state index contributed by atoms with van der Waals surface area (Å²) < 4.78 is 40.7. The van der Waals surface area contributed by atoms with Crippen molar-refractivity contribution in [1.29, 1.82) is 0 Å². The molecule has 16 nitrogen and oxygen atoms in total. The fraction of sp³-hybridized carbons (Fsp3) is 0.400. The Morgan fingerprint density at radius 1 is 0.655 bits per heavy atom. The molecule has 4 aromatic heterocycles. The second-order valence-corrected chi connectivity index (χ2v) is 16.0. The highest BCUT2D eigenvalue weighted by atomic mass is 35.5. The Labute approximate surface area is 342 Å². The van der Waals surface area contributed by atoms with Crippen molar-refractivity contribution in [2.75, 3.05) is 11.5 Å². The number of aliphatic hydroxyl groups excluding tert-OH is 2. The zero-order chi connectivity index (χ0) is 39.3. The van der Waals surface area contributed by atoms with Crippen LogP contribution in [0.25, 0.3) is 22.1 Å². The van der Waals surface area contributed by atoms with Crippen LogP contribution >= 0.6 is 23.2 Å². The van der Waals surface area contributed by atoms with Crippen molar-refractivity contribution in [3.63, 3.8) is 0 Å². The highest BCUT2D eigenvalue weighted by molar-refractivity contribution is 6.31. The number of hydrogen-bond donors (Lipinski definition) is 4. The van der Waals surface area contributed by atoms with E-state index in [-0.39, 0.29) is 31.8 Å². The SMILES string of the molecule is C.CC1(C)O[C@H]2[C@@H](O1)[C@H](n1ccc3c(N)ncnc31)O[C@@H]2[C@H]1OCc2cc(Cl)ccc21.Nc1ncnc2c1ccn2[C@@H]1O[C@H]([C@H]2OCc3cc(Cl)ccc32)[C@@H](O)[C@H]1O. The Balaban J connectivity index is 0.000000148. The normalized spacial score (nSPS) is 30.5. The van der Waals surface area contributed by atoms with Gasteiger partial charge >= 0.3 is 0 Å². The van der Waals surface area contributed by atoms with E-state index < -0.39 is 42.7 Å². The third-order valence-corrected chi connectivity index (χ3v) is 11.7. The molecule has 2 aromatic carbocycles. The first-order chi connectivity index (χ1) is 27.5. The molecule has 3 fully saturated rings. The molecule has 0 saturated carbocycles. The van der Waals surface area contributed by atoms with Crippen LogP contribution in [0.15, 0.2) is 73.6 Å².